The molecule has 1 aliphatic carbocycles. The van der Waals surface area contributed by atoms with Crippen molar-refractivity contribution < 1.29 is 19.0 Å². The summed E-state index contributed by atoms with van der Waals surface area (Å²) in [5.41, 5.74) is 2.79. The van der Waals surface area contributed by atoms with E-state index in [4.69, 9.17) is 14.2 Å². The summed E-state index contributed by atoms with van der Waals surface area (Å²) in [6.45, 7) is 4.40. The zero-order chi connectivity index (χ0) is 20.5. The molecular formula is C23H28N2O4. The SMILES string of the molecule is C/N=C(\C=C(\C)N(C=O)Cc1ccc(C#CC2CC2)cc1)OCC1COCCO1. The molecule has 1 saturated carbocycles. The maximum absolute atomic E-state index is 11.6. The minimum absolute atomic E-state index is 0.0992. The second-order valence-electron chi connectivity index (χ2n) is 7.20. The molecule has 29 heavy (non-hydrogen) atoms. The monoisotopic (exact) mass is 396 g/mol. The Hall–Kier alpha value is -2.62. The van der Waals surface area contributed by atoms with Crippen molar-refractivity contribution in [3.63, 3.8) is 0 Å². The van der Waals surface area contributed by atoms with Crippen LogP contribution in [0.25, 0.3) is 0 Å². The third kappa shape index (κ3) is 7.04. The molecule has 1 atom stereocenters. The van der Waals surface area contributed by atoms with E-state index >= 15 is 0 Å². The standard InChI is InChI=1S/C23H28N2O4/c1-18(13-23(24-2)29-16-22-15-27-11-12-28-22)25(17-26)14-21-9-7-20(8-10-21)6-5-19-3-4-19/h7-10,13,17,19,22H,3-4,11-12,14-16H2,1-2H3/b18-13-,24-23+. The summed E-state index contributed by atoms with van der Waals surface area (Å²) in [4.78, 5) is 17.4. The number of hydrogen-bond donors (Lipinski definition) is 0. The normalized spacial score (nSPS) is 19.9. The van der Waals surface area contributed by atoms with Gasteiger partial charge in [-0.1, -0.05) is 24.0 Å². The summed E-state index contributed by atoms with van der Waals surface area (Å²) < 4.78 is 16.7. The van der Waals surface area contributed by atoms with Crippen molar-refractivity contribution >= 4 is 12.3 Å². The van der Waals surface area contributed by atoms with Crippen LogP contribution in [0.4, 0.5) is 0 Å². The van der Waals surface area contributed by atoms with Gasteiger partial charge in [0, 0.05) is 30.3 Å². The molecule has 0 bridgehead atoms. The van der Waals surface area contributed by atoms with Gasteiger partial charge in [-0.15, -0.1) is 0 Å². The van der Waals surface area contributed by atoms with E-state index in [1.807, 2.05) is 31.2 Å². The Morgan fingerprint density at radius 1 is 1.31 bits per heavy atom. The number of amides is 1. The van der Waals surface area contributed by atoms with Crippen LogP contribution in [-0.4, -0.2) is 56.8 Å². The van der Waals surface area contributed by atoms with Crippen LogP contribution in [0.1, 0.15) is 30.9 Å². The average molecular weight is 396 g/mol. The molecule has 1 aromatic rings. The predicted octanol–water partition coefficient (Wildman–Crippen LogP) is 2.77. The van der Waals surface area contributed by atoms with E-state index in [1.165, 1.54) is 12.8 Å². The van der Waals surface area contributed by atoms with E-state index < -0.39 is 0 Å². The Labute approximate surface area is 172 Å². The van der Waals surface area contributed by atoms with Crippen molar-refractivity contribution in [3.8, 4) is 11.8 Å². The molecule has 6 nitrogen and oxygen atoms in total. The molecule has 3 rings (SSSR count). The summed E-state index contributed by atoms with van der Waals surface area (Å²) >= 11 is 0. The lowest BCUT2D eigenvalue weighted by Crippen LogP contribution is -2.33. The molecule has 1 aliphatic heterocycles. The van der Waals surface area contributed by atoms with E-state index in [0.717, 1.165) is 23.2 Å². The van der Waals surface area contributed by atoms with Crippen LogP contribution in [0.3, 0.4) is 0 Å². The second kappa shape index (κ2) is 10.8. The number of rotatable bonds is 7. The number of ether oxygens (including phenoxy) is 3. The summed E-state index contributed by atoms with van der Waals surface area (Å²) in [6, 6.07) is 8.01. The van der Waals surface area contributed by atoms with Crippen molar-refractivity contribution in [2.75, 3.05) is 33.5 Å². The number of benzene rings is 1. The van der Waals surface area contributed by atoms with E-state index in [0.29, 0.717) is 44.8 Å². The predicted molar refractivity (Wildman–Crippen MR) is 111 cm³/mol. The molecular weight excluding hydrogens is 368 g/mol. The quantitative estimate of drug-likeness (QED) is 0.308. The summed E-state index contributed by atoms with van der Waals surface area (Å²) in [7, 11) is 1.66. The molecule has 0 spiro atoms. The zero-order valence-electron chi connectivity index (χ0n) is 17.1. The topological polar surface area (TPSA) is 60.4 Å². The molecule has 1 aromatic carbocycles. The maximum Gasteiger partial charge on any atom is 0.214 e. The van der Waals surface area contributed by atoms with Gasteiger partial charge in [-0.25, -0.2) is 0 Å². The molecule has 2 aliphatic rings. The van der Waals surface area contributed by atoms with E-state index in [9.17, 15) is 4.79 Å². The molecule has 154 valence electrons. The Bertz CT molecular complexity index is 794. The van der Waals surface area contributed by atoms with Gasteiger partial charge >= 0.3 is 0 Å². The fourth-order valence-corrected chi connectivity index (χ4v) is 2.79. The lowest BCUT2D eigenvalue weighted by atomic mass is 10.1. The highest BCUT2D eigenvalue weighted by molar-refractivity contribution is 5.88. The summed E-state index contributed by atoms with van der Waals surface area (Å²) in [5, 5.41) is 0. The minimum atomic E-state index is -0.0992. The zero-order valence-corrected chi connectivity index (χ0v) is 17.1. The number of carbonyl (C=O) groups excluding carboxylic acids is 1. The first-order valence-electron chi connectivity index (χ1n) is 9.97. The smallest absolute Gasteiger partial charge is 0.214 e. The highest BCUT2D eigenvalue weighted by atomic mass is 16.6. The molecule has 0 N–H and O–H groups in total. The van der Waals surface area contributed by atoms with Crippen LogP contribution in [0.15, 0.2) is 41.0 Å². The first-order chi connectivity index (χ1) is 14.2. The van der Waals surface area contributed by atoms with Crippen LogP contribution in [-0.2, 0) is 25.5 Å². The van der Waals surface area contributed by atoms with Gasteiger partial charge in [-0.2, -0.15) is 0 Å². The van der Waals surface area contributed by atoms with Crippen LogP contribution < -0.4 is 0 Å². The Morgan fingerprint density at radius 2 is 2.10 bits per heavy atom. The highest BCUT2D eigenvalue weighted by Gasteiger charge is 2.18. The first kappa shape index (κ1) is 21.1. The third-order valence-electron chi connectivity index (χ3n) is 4.74. The molecule has 6 heteroatoms. The Morgan fingerprint density at radius 3 is 2.72 bits per heavy atom. The van der Waals surface area contributed by atoms with E-state index in [2.05, 4.69) is 16.8 Å². The molecule has 0 aromatic heterocycles. The van der Waals surface area contributed by atoms with Crippen LogP contribution in [0.5, 0.6) is 0 Å². The fraction of sp³-hybridized carbons (Fsp3) is 0.478. The van der Waals surface area contributed by atoms with Crippen molar-refractivity contribution in [3.05, 3.63) is 47.2 Å². The molecule has 0 radical (unpaired) electrons. The largest absolute Gasteiger partial charge is 0.475 e. The summed E-state index contributed by atoms with van der Waals surface area (Å²) in [5.74, 6) is 7.50. The lowest BCUT2D eigenvalue weighted by molar-refractivity contribution is -0.116. The highest BCUT2D eigenvalue weighted by Crippen LogP contribution is 2.27. The van der Waals surface area contributed by atoms with Gasteiger partial charge in [0.15, 0.2) is 0 Å². The third-order valence-corrected chi connectivity index (χ3v) is 4.74. The van der Waals surface area contributed by atoms with Gasteiger partial charge in [-0.3, -0.25) is 9.79 Å². The fourth-order valence-electron chi connectivity index (χ4n) is 2.79. The van der Waals surface area contributed by atoms with Crippen molar-refractivity contribution in [1.29, 1.82) is 0 Å². The van der Waals surface area contributed by atoms with Crippen LogP contribution in [0, 0.1) is 17.8 Å². The number of hydrogen-bond acceptors (Lipinski definition) is 5. The first-order valence-corrected chi connectivity index (χ1v) is 9.97. The summed E-state index contributed by atoms with van der Waals surface area (Å²) in [6.07, 6.45) is 4.92. The van der Waals surface area contributed by atoms with Gasteiger partial charge in [0.1, 0.15) is 12.7 Å². The Balaban J connectivity index is 1.55. The number of allylic oxidation sites excluding steroid dienone is 1. The van der Waals surface area contributed by atoms with Gasteiger partial charge < -0.3 is 19.1 Å². The van der Waals surface area contributed by atoms with E-state index in [1.54, 1.807) is 18.0 Å². The number of nitrogens with zero attached hydrogens (tertiary/aromatic N) is 2. The van der Waals surface area contributed by atoms with Gasteiger partial charge in [0.05, 0.1) is 26.4 Å². The molecule has 1 amide bonds. The van der Waals surface area contributed by atoms with Gasteiger partial charge in [0.2, 0.25) is 12.3 Å². The molecule has 1 unspecified atom stereocenters. The molecule has 2 fully saturated rings. The number of carbonyl (C=O) groups is 1. The minimum Gasteiger partial charge on any atom is -0.475 e. The lowest BCUT2D eigenvalue weighted by Gasteiger charge is -2.23. The van der Waals surface area contributed by atoms with Crippen molar-refractivity contribution in [2.45, 2.75) is 32.4 Å². The number of aliphatic imine (C=N–C) groups is 1. The van der Waals surface area contributed by atoms with Crippen molar-refractivity contribution in [1.82, 2.24) is 4.90 Å². The van der Waals surface area contributed by atoms with E-state index in [-0.39, 0.29) is 6.10 Å². The molecule has 1 saturated heterocycles. The molecule has 1 heterocycles. The van der Waals surface area contributed by atoms with Gasteiger partial charge in [-0.05, 0) is 37.5 Å². The second-order valence-corrected chi connectivity index (χ2v) is 7.20. The van der Waals surface area contributed by atoms with Crippen LogP contribution in [0.2, 0.25) is 0 Å². The Kier molecular flexibility index (Phi) is 7.85. The van der Waals surface area contributed by atoms with Gasteiger partial charge in [0.25, 0.3) is 0 Å². The van der Waals surface area contributed by atoms with Crippen molar-refractivity contribution in [2.24, 2.45) is 10.9 Å². The van der Waals surface area contributed by atoms with Crippen LogP contribution >= 0.6 is 0 Å². The average Bonchev–Trinajstić information content (AvgIpc) is 3.59. The maximum atomic E-state index is 11.6.